The molecule has 25 heavy (non-hydrogen) atoms. The summed E-state index contributed by atoms with van der Waals surface area (Å²) in [6.45, 7) is 5.23. The summed E-state index contributed by atoms with van der Waals surface area (Å²) >= 11 is 6.15. The molecule has 0 bridgehead atoms. The molecule has 6 heteroatoms. The smallest absolute Gasteiger partial charge is 0.338 e. The molecule has 2 rings (SSSR count). The lowest BCUT2D eigenvalue weighted by molar-refractivity contribution is -0.119. The van der Waals surface area contributed by atoms with Gasteiger partial charge in [0.1, 0.15) is 5.75 Å². The Kier molecular flexibility index (Phi) is 6.04. The Labute approximate surface area is 151 Å². The van der Waals surface area contributed by atoms with E-state index in [0.717, 1.165) is 16.7 Å². The molecule has 2 aromatic rings. The van der Waals surface area contributed by atoms with Gasteiger partial charge in [-0.15, -0.1) is 0 Å². The van der Waals surface area contributed by atoms with E-state index in [1.807, 2.05) is 26.8 Å². The minimum absolute atomic E-state index is 0.319. The van der Waals surface area contributed by atoms with Crippen LogP contribution in [0.15, 0.2) is 30.3 Å². The number of carbonyl (C=O) groups is 2. The Balaban J connectivity index is 1.99. The lowest BCUT2D eigenvalue weighted by atomic mass is 10.1. The van der Waals surface area contributed by atoms with Crippen LogP contribution >= 0.6 is 11.6 Å². The molecule has 1 N–H and O–H groups in total. The minimum Gasteiger partial charge on any atom is -0.496 e. The molecular formula is C19H20ClNO4. The highest BCUT2D eigenvalue weighted by Crippen LogP contribution is 2.27. The number of ether oxygens (including phenoxy) is 2. The molecule has 0 radical (unpaired) electrons. The molecule has 1 amide bonds. The Bertz CT molecular complexity index is 794. The van der Waals surface area contributed by atoms with Gasteiger partial charge in [0.25, 0.3) is 5.91 Å². The van der Waals surface area contributed by atoms with Crippen LogP contribution in [-0.4, -0.2) is 25.6 Å². The largest absolute Gasteiger partial charge is 0.496 e. The minimum atomic E-state index is -0.597. The van der Waals surface area contributed by atoms with Crippen molar-refractivity contribution in [3.63, 3.8) is 0 Å². The highest BCUT2D eigenvalue weighted by Gasteiger charge is 2.14. The number of hydrogen-bond donors (Lipinski definition) is 1. The molecule has 0 atom stereocenters. The number of carbonyl (C=O) groups excluding carboxylic acids is 2. The summed E-state index contributed by atoms with van der Waals surface area (Å²) in [6.07, 6.45) is 0. The average Bonchev–Trinajstić information content (AvgIpc) is 2.56. The predicted octanol–water partition coefficient (Wildman–Crippen LogP) is 4.07. The summed E-state index contributed by atoms with van der Waals surface area (Å²) in [5, 5.41) is 3.12. The van der Waals surface area contributed by atoms with E-state index in [0.29, 0.717) is 22.0 Å². The number of esters is 1. The number of nitrogens with one attached hydrogen (secondary N) is 1. The molecule has 0 heterocycles. The Morgan fingerprint density at radius 2 is 1.80 bits per heavy atom. The Morgan fingerprint density at radius 1 is 1.08 bits per heavy atom. The number of aryl methyl sites for hydroxylation is 3. The van der Waals surface area contributed by atoms with Crippen molar-refractivity contribution in [2.75, 3.05) is 19.0 Å². The SMILES string of the molecule is COc1cc(C(=O)OCC(=O)Nc2c(C)cc(C)cc2Cl)ccc1C. The number of rotatable bonds is 5. The second-order valence-corrected chi connectivity index (χ2v) is 6.15. The normalized spacial score (nSPS) is 10.3. The van der Waals surface area contributed by atoms with Crippen LogP contribution in [0.25, 0.3) is 0 Å². The summed E-state index contributed by atoms with van der Waals surface area (Å²) in [7, 11) is 1.53. The van der Waals surface area contributed by atoms with Crippen LogP contribution in [0, 0.1) is 20.8 Å². The Hall–Kier alpha value is -2.53. The van der Waals surface area contributed by atoms with Gasteiger partial charge in [0.15, 0.2) is 6.61 Å². The van der Waals surface area contributed by atoms with E-state index in [1.165, 1.54) is 7.11 Å². The molecule has 0 spiro atoms. The third-order valence-electron chi connectivity index (χ3n) is 3.67. The van der Waals surface area contributed by atoms with Crippen molar-refractivity contribution >= 4 is 29.2 Å². The number of anilines is 1. The van der Waals surface area contributed by atoms with Crippen molar-refractivity contribution in [2.24, 2.45) is 0 Å². The molecule has 0 aliphatic heterocycles. The maximum absolute atomic E-state index is 12.1. The van der Waals surface area contributed by atoms with Gasteiger partial charge >= 0.3 is 5.97 Å². The summed E-state index contributed by atoms with van der Waals surface area (Å²) in [6, 6.07) is 8.63. The van der Waals surface area contributed by atoms with E-state index in [1.54, 1.807) is 24.3 Å². The second kappa shape index (κ2) is 8.03. The first-order valence-electron chi connectivity index (χ1n) is 7.70. The topological polar surface area (TPSA) is 64.6 Å². The van der Waals surface area contributed by atoms with Crippen LogP contribution in [0.5, 0.6) is 5.75 Å². The van der Waals surface area contributed by atoms with Gasteiger partial charge in [0.2, 0.25) is 0 Å². The monoisotopic (exact) mass is 361 g/mol. The van der Waals surface area contributed by atoms with Crippen LogP contribution in [-0.2, 0) is 9.53 Å². The fourth-order valence-electron chi connectivity index (χ4n) is 2.41. The summed E-state index contributed by atoms with van der Waals surface area (Å²) in [4.78, 5) is 24.1. The third kappa shape index (κ3) is 4.73. The highest BCUT2D eigenvalue weighted by atomic mass is 35.5. The molecule has 0 aliphatic carbocycles. The summed E-state index contributed by atoms with van der Waals surface area (Å²) < 4.78 is 10.2. The first kappa shape index (κ1) is 18.8. The number of methoxy groups -OCH3 is 1. The van der Waals surface area contributed by atoms with Crippen molar-refractivity contribution in [3.8, 4) is 5.75 Å². The lowest BCUT2D eigenvalue weighted by Gasteiger charge is -2.12. The number of benzene rings is 2. The number of amides is 1. The van der Waals surface area contributed by atoms with Crippen molar-refractivity contribution < 1.29 is 19.1 Å². The predicted molar refractivity (Wildman–Crippen MR) is 97.6 cm³/mol. The fraction of sp³-hybridized carbons (Fsp3) is 0.263. The van der Waals surface area contributed by atoms with Crippen LogP contribution in [0.2, 0.25) is 5.02 Å². The quantitative estimate of drug-likeness (QED) is 0.815. The average molecular weight is 362 g/mol. The summed E-state index contributed by atoms with van der Waals surface area (Å²) in [5.41, 5.74) is 3.58. The zero-order valence-electron chi connectivity index (χ0n) is 14.6. The maximum atomic E-state index is 12.1. The molecule has 132 valence electrons. The molecule has 2 aromatic carbocycles. The van der Waals surface area contributed by atoms with Gasteiger partial charge < -0.3 is 14.8 Å². The van der Waals surface area contributed by atoms with Crippen molar-refractivity contribution in [1.82, 2.24) is 0 Å². The fourth-order valence-corrected chi connectivity index (χ4v) is 2.78. The van der Waals surface area contributed by atoms with Gasteiger partial charge in [-0.3, -0.25) is 4.79 Å². The molecule has 5 nitrogen and oxygen atoms in total. The van der Waals surface area contributed by atoms with Crippen molar-refractivity contribution in [2.45, 2.75) is 20.8 Å². The molecule has 0 unspecified atom stereocenters. The van der Waals surface area contributed by atoms with Gasteiger partial charge in [-0.2, -0.15) is 0 Å². The van der Waals surface area contributed by atoms with Gasteiger partial charge in [0, 0.05) is 0 Å². The van der Waals surface area contributed by atoms with Crippen LogP contribution < -0.4 is 10.1 Å². The van der Waals surface area contributed by atoms with Crippen molar-refractivity contribution in [1.29, 1.82) is 0 Å². The third-order valence-corrected chi connectivity index (χ3v) is 3.97. The Morgan fingerprint density at radius 3 is 2.44 bits per heavy atom. The van der Waals surface area contributed by atoms with E-state index in [2.05, 4.69) is 5.32 Å². The zero-order valence-corrected chi connectivity index (χ0v) is 15.4. The van der Waals surface area contributed by atoms with Crippen LogP contribution in [0.1, 0.15) is 27.0 Å². The first-order chi connectivity index (χ1) is 11.8. The zero-order chi connectivity index (χ0) is 18.6. The number of hydrogen-bond acceptors (Lipinski definition) is 4. The molecular weight excluding hydrogens is 342 g/mol. The van der Waals surface area contributed by atoms with Gasteiger partial charge in [-0.1, -0.05) is 23.7 Å². The second-order valence-electron chi connectivity index (χ2n) is 5.75. The van der Waals surface area contributed by atoms with Gasteiger partial charge in [0.05, 0.1) is 23.4 Å². The summed E-state index contributed by atoms with van der Waals surface area (Å²) in [5.74, 6) is -0.470. The number of halogens is 1. The van der Waals surface area contributed by atoms with Gasteiger partial charge in [-0.25, -0.2) is 4.79 Å². The van der Waals surface area contributed by atoms with Crippen molar-refractivity contribution in [3.05, 3.63) is 57.6 Å². The first-order valence-corrected chi connectivity index (χ1v) is 8.08. The molecule has 0 fully saturated rings. The lowest BCUT2D eigenvalue weighted by Crippen LogP contribution is -2.21. The molecule has 0 aromatic heterocycles. The van der Waals surface area contributed by atoms with Crippen LogP contribution in [0.4, 0.5) is 5.69 Å². The molecule has 0 saturated carbocycles. The maximum Gasteiger partial charge on any atom is 0.338 e. The van der Waals surface area contributed by atoms with E-state index < -0.39 is 18.5 Å². The van der Waals surface area contributed by atoms with E-state index in [4.69, 9.17) is 21.1 Å². The van der Waals surface area contributed by atoms with Crippen LogP contribution in [0.3, 0.4) is 0 Å². The highest BCUT2D eigenvalue weighted by molar-refractivity contribution is 6.34. The van der Waals surface area contributed by atoms with E-state index >= 15 is 0 Å². The molecule has 0 aliphatic rings. The van der Waals surface area contributed by atoms with E-state index in [9.17, 15) is 9.59 Å². The standard InChI is InChI=1S/C19H20ClNO4/c1-11-7-13(3)18(15(20)8-11)21-17(22)10-25-19(23)14-6-5-12(2)16(9-14)24-4/h5-9H,10H2,1-4H3,(H,21,22). The van der Waals surface area contributed by atoms with Gasteiger partial charge in [-0.05, 0) is 55.7 Å². The molecule has 0 saturated heterocycles. The van der Waals surface area contributed by atoms with E-state index in [-0.39, 0.29) is 0 Å².